The van der Waals surface area contributed by atoms with E-state index in [1.54, 1.807) is 42.5 Å². The first-order valence-electron chi connectivity index (χ1n) is 10.8. The molecule has 0 aromatic heterocycles. The van der Waals surface area contributed by atoms with Gasteiger partial charge >= 0.3 is 0 Å². The topological polar surface area (TPSA) is 80.6 Å². The highest BCUT2D eigenvalue weighted by molar-refractivity contribution is 9.10. The Kier molecular flexibility index (Phi) is 9.10. The number of rotatable bonds is 10. The number of hydrogen-bond acceptors (Lipinski definition) is 5. The number of halogens is 1. The van der Waals surface area contributed by atoms with Gasteiger partial charge in [-0.25, -0.2) is 0 Å². The van der Waals surface area contributed by atoms with Crippen molar-refractivity contribution in [3.63, 3.8) is 0 Å². The number of amides is 1. The van der Waals surface area contributed by atoms with Crippen molar-refractivity contribution in [2.45, 2.75) is 13.5 Å². The summed E-state index contributed by atoms with van der Waals surface area (Å²) in [6.07, 6.45) is 3.11. The Balaban J connectivity index is 1.68. The van der Waals surface area contributed by atoms with Gasteiger partial charge in [0.05, 0.1) is 11.6 Å². The van der Waals surface area contributed by atoms with Gasteiger partial charge in [0, 0.05) is 5.69 Å². The lowest BCUT2D eigenvalue weighted by molar-refractivity contribution is -0.112. The Bertz CT molecular complexity index is 1260. The maximum atomic E-state index is 12.7. The zero-order valence-electron chi connectivity index (χ0n) is 19.5. The van der Waals surface area contributed by atoms with Gasteiger partial charge < -0.3 is 19.5 Å². The predicted octanol–water partition coefficient (Wildman–Crippen LogP) is 6.46. The van der Waals surface area contributed by atoms with Crippen LogP contribution < -0.4 is 19.5 Å². The molecule has 7 heteroatoms. The van der Waals surface area contributed by atoms with Crippen molar-refractivity contribution in [1.82, 2.24) is 0 Å². The minimum Gasteiger partial charge on any atom is -0.493 e. The van der Waals surface area contributed by atoms with E-state index >= 15 is 0 Å². The van der Waals surface area contributed by atoms with Crippen molar-refractivity contribution < 1.29 is 19.0 Å². The van der Waals surface area contributed by atoms with Gasteiger partial charge in [0.2, 0.25) is 0 Å². The van der Waals surface area contributed by atoms with E-state index in [4.69, 9.17) is 14.2 Å². The Morgan fingerprint density at radius 1 is 1.11 bits per heavy atom. The van der Waals surface area contributed by atoms with Crippen molar-refractivity contribution in [1.29, 1.82) is 5.26 Å². The second kappa shape index (κ2) is 12.4. The number of aryl methyl sites for hydroxylation is 1. The van der Waals surface area contributed by atoms with E-state index in [2.05, 4.69) is 27.8 Å². The van der Waals surface area contributed by atoms with Crippen molar-refractivity contribution in [3.05, 3.63) is 100 Å². The Labute approximate surface area is 213 Å². The third-order valence-corrected chi connectivity index (χ3v) is 5.50. The van der Waals surface area contributed by atoms with Gasteiger partial charge in [-0.15, -0.1) is 0 Å². The summed E-state index contributed by atoms with van der Waals surface area (Å²) in [6, 6.07) is 20.5. The van der Waals surface area contributed by atoms with Crippen LogP contribution in [0.4, 0.5) is 5.69 Å². The van der Waals surface area contributed by atoms with Gasteiger partial charge in [0.15, 0.2) is 11.5 Å². The summed E-state index contributed by atoms with van der Waals surface area (Å²) < 4.78 is 17.4. The molecule has 0 fully saturated rings. The van der Waals surface area contributed by atoms with Crippen LogP contribution >= 0.6 is 15.9 Å². The molecule has 0 radical (unpaired) electrons. The zero-order chi connectivity index (χ0) is 25.2. The molecule has 6 nitrogen and oxygen atoms in total. The number of nitriles is 1. The first kappa shape index (κ1) is 25.6. The van der Waals surface area contributed by atoms with Gasteiger partial charge in [-0.05, 0) is 76.5 Å². The molecular weight excluding hydrogens is 508 g/mol. The maximum Gasteiger partial charge on any atom is 0.266 e. The largest absolute Gasteiger partial charge is 0.493 e. The van der Waals surface area contributed by atoms with Crippen LogP contribution in [0.2, 0.25) is 0 Å². The highest BCUT2D eigenvalue weighted by atomic mass is 79.9. The Morgan fingerprint density at radius 2 is 1.83 bits per heavy atom. The summed E-state index contributed by atoms with van der Waals surface area (Å²) in [7, 11) is 1.52. The molecule has 35 heavy (non-hydrogen) atoms. The first-order valence-corrected chi connectivity index (χ1v) is 11.6. The second-order valence-electron chi connectivity index (χ2n) is 7.56. The summed E-state index contributed by atoms with van der Waals surface area (Å²) in [5, 5.41) is 12.3. The number of nitrogens with zero attached hydrogens (tertiary/aromatic N) is 1. The smallest absolute Gasteiger partial charge is 0.266 e. The van der Waals surface area contributed by atoms with Crippen molar-refractivity contribution in [2.24, 2.45) is 0 Å². The Hall–Kier alpha value is -4.02. The van der Waals surface area contributed by atoms with Crippen LogP contribution in [0.15, 0.2) is 83.4 Å². The third kappa shape index (κ3) is 7.23. The molecule has 0 unspecified atom stereocenters. The minimum atomic E-state index is -0.525. The number of carbonyl (C=O) groups is 1. The summed E-state index contributed by atoms with van der Waals surface area (Å²) in [6.45, 7) is 6.43. The van der Waals surface area contributed by atoms with Crippen LogP contribution in [0.1, 0.15) is 16.7 Å². The molecule has 0 spiro atoms. The van der Waals surface area contributed by atoms with E-state index in [0.717, 1.165) is 5.56 Å². The zero-order valence-corrected chi connectivity index (χ0v) is 21.1. The van der Waals surface area contributed by atoms with Gasteiger partial charge in [-0.2, -0.15) is 5.26 Å². The number of anilines is 1. The number of ether oxygens (including phenoxy) is 3. The number of benzene rings is 3. The fourth-order valence-electron chi connectivity index (χ4n) is 3.10. The summed E-state index contributed by atoms with van der Waals surface area (Å²) in [5.41, 5.74) is 3.36. The van der Waals surface area contributed by atoms with E-state index < -0.39 is 5.91 Å². The van der Waals surface area contributed by atoms with E-state index in [1.165, 1.54) is 18.7 Å². The molecule has 178 valence electrons. The molecule has 0 saturated carbocycles. The molecule has 0 aliphatic carbocycles. The fraction of sp³-hybridized carbons (Fsp3) is 0.143. The quantitative estimate of drug-likeness (QED) is 0.184. The highest BCUT2D eigenvalue weighted by Gasteiger charge is 2.14. The second-order valence-corrected chi connectivity index (χ2v) is 8.41. The average Bonchev–Trinajstić information content (AvgIpc) is 2.86. The van der Waals surface area contributed by atoms with Crippen molar-refractivity contribution in [3.8, 4) is 23.3 Å². The molecule has 0 saturated heterocycles. The lowest BCUT2D eigenvalue weighted by Crippen LogP contribution is -2.13. The molecule has 3 aromatic carbocycles. The van der Waals surface area contributed by atoms with Crippen molar-refractivity contribution >= 4 is 33.6 Å². The van der Waals surface area contributed by atoms with Crippen LogP contribution in [-0.2, 0) is 11.4 Å². The van der Waals surface area contributed by atoms with Crippen LogP contribution in [0.3, 0.4) is 0 Å². The maximum absolute atomic E-state index is 12.7. The average molecular weight is 533 g/mol. The van der Waals surface area contributed by atoms with Crippen LogP contribution in [0.5, 0.6) is 17.2 Å². The number of hydrogen-bond donors (Lipinski definition) is 1. The first-order chi connectivity index (χ1) is 16.9. The molecule has 0 heterocycles. The van der Waals surface area contributed by atoms with Gasteiger partial charge in [0.1, 0.15) is 30.6 Å². The SMILES string of the molecule is C=CCOc1c(Br)cc(/C=C(\C#N)C(=O)Nc2ccc(OCc3ccc(C)cc3)cc2)cc1OC. The minimum absolute atomic E-state index is 0.0570. The molecular formula is C28H25BrN2O4. The highest BCUT2D eigenvalue weighted by Crippen LogP contribution is 2.37. The molecule has 3 aromatic rings. The molecule has 0 aliphatic rings. The van der Waals surface area contributed by atoms with Gasteiger partial charge in [-0.3, -0.25) is 4.79 Å². The molecule has 1 amide bonds. The molecule has 0 atom stereocenters. The molecule has 0 aliphatic heterocycles. The lowest BCUT2D eigenvalue weighted by Gasteiger charge is -2.12. The van der Waals surface area contributed by atoms with Crippen LogP contribution in [0, 0.1) is 18.3 Å². The molecule has 3 rings (SSSR count). The van der Waals surface area contributed by atoms with Gasteiger partial charge in [0.25, 0.3) is 5.91 Å². The number of carbonyl (C=O) groups excluding carboxylic acids is 1. The number of nitrogens with one attached hydrogen (secondary N) is 1. The normalized spacial score (nSPS) is 10.7. The fourth-order valence-corrected chi connectivity index (χ4v) is 3.68. The molecule has 1 N–H and O–H groups in total. The molecule has 0 bridgehead atoms. The third-order valence-electron chi connectivity index (χ3n) is 4.91. The Morgan fingerprint density at radius 3 is 2.46 bits per heavy atom. The van der Waals surface area contributed by atoms with E-state index in [1.807, 2.05) is 37.3 Å². The lowest BCUT2D eigenvalue weighted by atomic mass is 10.1. The predicted molar refractivity (Wildman–Crippen MR) is 141 cm³/mol. The monoisotopic (exact) mass is 532 g/mol. The van der Waals surface area contributed by atoms with Gasteiger partial charge in [-0.1, -0.05) is 42.5 Å². The standard InChI is InChI=1S/C28H25BrN2O4/c1-4-13-34-27-25(29)15-21(16-26(27)33-3)14-22(17-30)28(32)31-23-9-11-24(12-10-23)35-18-20-7-5-19(2)6-8-20/h4-12,14-16H,1,13,18H2,2-3H3,(H,31,32)/b22-14+. The summed E-state index contributed by atoms with van der Waals surface area (Å²) in [5.74, 6) is 1.13. The van der Waals surface area contributed by atoms with Crippen LogP contribution in [-0.4, -0.2) is 19.6 Å². The summed E-state index contributed by atoms with van der Waals surface area (Å²) in [4.78, 5) is 12.7. The van der Waals surface area contributed by atoms with E-state index in [0.29, 0.717) is 46.2 Å². The van der Waals surface area contributed by atoms with Crippen LogP contribution in [0.25, 0.3) is 6.08 Å². The van der Waals surface area contributed by atoms with E-state index in [9.17, 15) is 10.1 Å². The summed E-state index contributed by atoms with van der Waals surface area (Å²) >= 11 is 3.45. The van der Waals surface area contributed by atoms with E-state index in [-0.39, 0.29) is 5.57 Å². The van der Waals surface area contributed by atoms with Crippen molar-refractivity contribution in [2.75, 3.05) is 19.0 Å². The number of methoxy groups -OCH3 is 1.